The molecule has 6 nitrogen and oxygen atoms in total. The molecular weight excluding hydrogens is 268 g/mol. The van der Waals surface area contributed by atoms with Crippen molar-refractivity contribution in [1.29, 1.82) is 5.26 Å². The summed E-state index contributed by atoms with van der Waals surface area (Å²) < 4.78 is 0. The molecule has 21 heavy (non-hydrogen) atoms. The molecule has 0 amide bonds. The van der Waals surface area contributed by atoms with Crippen LogP contribution in [0, 0.1) is 16.7 Å². The fraction of sp³-hybridized carbons (Fsp3) is 0.400. The van der Waals surface area contributed by atoms with Gasteiger partial charge in [0, 0.05) is 18.7 Å². The summed E-state index contributed by atoms with van der Waals surface area (Å²) in [6, 6.07) is 7.53. The summed E-state index contributed by atoms with van der Waals surface area (Å²) >= 11 is 0. The molecule has 2 rings (SSSR count). The molecule has 0 radical (unpaired) electrons. The normalized spacial score (nSPS) is 11.3. The van der Waals surface area contributed by atoms with Gasteiger partial charge in [0.1, 0.15) is 0 Å². The molecule has 1 aromatic heterocycles. The second-order valence-corrected chi connectivity index (χ2v) is 5.84. The van der Waals surface area contributed by atoms with Gasteiger partial charge in [-0.15, -0.1) is 0 Å². The van der Waals surface area contributed by atoms with E-state index in [0.29, 0.717) is 24.0 Å². The van der Waals surface area contributed by atoms with Gasteiger partial charge in [-0.05, 0) is 30.0 Å². The third kappa shape index (κ3) is 3.72. The minimum atomic E-state index is -0.658. The molecule has 0 aliphatic heterocycles. The van der Waals surface area contributed by atoms with Crippen molar-refractivity contribution in [3.8, 4) is 6.07 Å². The Morgan fingerprint density at radius 2 is 1.86 bits per heavy atom. The van der Waals surface area contributed by atoms with Crippen molar-refractivity contribution in [2.75, 3.05) is 11.9 Å². The van der Waals surface area contributed by atoms with E-state index in [1.54, 1.807) is 12.1 Å². The van der Waals surface area contributed by atoms with Gasteiger partial charge >= 0.3 is 11.1 Å². The Labute approximate surface area is 121 Å². The van der Waals surface area contributed by atoms with Crippen LogP contribution in [0.5, 0.6) is 0 Å². The quantitative estimate of drug-likeness (QED) is 0.731. The SMILES string of the molecule is CC(C)(CCC#N)CNc1ccc2[nH]c(=O)c(=O)[nH]c2c1. The Kier molecular flexibility index (Phi) is 4.13. The van der Waals surface area contributed by atoms with Crippen LogP contribution in [-0.2, 0) is 0 Å². The number of nitriles is 1. The number of nitrogens with one attached hydrogen (secondary N) is 3. The molecule has 0 aliphatic carbocycles. The summed E-state index contributed by atoms with van der Waals surface area (Å²) in [5.74, 6) is 0. The third-order valence-corrected chi connectivity index (χ3v) is 3.41. The molecule has 0 saturated heterocycles. The van der Waals surface area contributed by atoms with Crippen molar-refractivity contribution in [2.45, 2.75) is 26.7 Å². The van der Waals surface area contributed by atoms with Gasteiger partial charge in [-0.25, -0.2) is 0 Å². The zero-order valence-electron chi connectivity index (χ0n) is 12.1. The predicted molar refractivity (Wildman–Crippen MR) is 82.3 cm³/mol. The largest absolute Gasteiger partial charge is 0.384 e. The summed E-state index contributed by atoms with van der Waals surface area (Å²) in [5.41, 5.74) is 0.724. The van der Waals surface area contributed by atoms with Crippen LogP contribution in [0.2, 0.25) is 0 Å². The molecule has 0 spiro atoms. The second kappa shape index (κ2) is 5.83. The Bertz CT molecular complexity index is 796. The second-order valence-electron chi connectivity index (χ2n) is 5.84. The lowest BCUT2D eigenvalue weighted by atomic mass is 9.88. The minimum Gasteiger partial charge on any atom is -0.384 e. The van der Waals surface area contributed by atoms with Crippen molar-refractivity contribution in [3.63, 3.8) is 0 Å². The van der Waals surface area contributed by atoms with Crippen molar-refractivity contribution in [1.82, 2.24) is 9.97 Å². The molecule has 2 aromatic rings. The highest BCUT2D eigenvalue weighted by atomic mass is 16.2. The molecule has 0 unspecified atom stereocenters. The number of fused-ring (bicyclic) bond motifs is 1. The monoisotopic (exact) mass is 286 g/mol. The van der Waals surface area contributed by atoms with Crippen LogP contribution < -0.4 is 16.4 Å². The van der Waals surface area contributed by atoms with Crippen LogP contribution in [0.25, 0.3) is 11.0 Å². The summed E-state index contributed by atoms with van der Waals surface area (Å²) in [7, 11) is 0. The highest BCUT2D eigenvalue weighted by Crippen LogP contribution is 2.23. The first-order valence-corrected chi connectivity index (χ1v) is 6.78. The molecule has 0 bridgehead atoms. The number of aromatic nitrogens is 2. The fourth-order valence-electron chi connectivity index (χ4n) is 2.05. The average Bonchev–Trinajstić information content (AvgIpc) is 2.44. The summed E-state index contributed by atoms with van der Waals surface area (Å²) in [6.07, 6.45) is 1.34. The number of anilines is 1. The molecule has 0 saturated carbocycles. The van der Waals surface area contributed by atoms with E-state index in [1.807, 2.05) is 6.07 Å². The summed E-state index contributed by atoms with van der Waals surface area (Å²) in [4.78, 5) is 27.6. The van der Waals surface area contributed by atoms with E-state index in [4.69, 9.17) is 5.26 Å². The van der Waals surface area contributed by atoms with E-state index < -0.39 is 11.1 Å². The van der Waals surface area contributed by atoms with Gasteiger partial charge in [-0.1, -0.05) is 13.8 Å². The minimum absolute atomic E-state index is 0.00307. The standard InChI is InChI=1S/C15H18N4O2/c1-15(2,6-3-7-16)9-17-10-4-5-11-12(8-10)19-14(21)13(20)18-11/h4-5,8,17H,3,6,9H2,1-2H3,(H,18,20)(H,19,21). The number of rotatable bonds is 5. The van der Waals surface area contributed by atoms with Crippen LogP contribution in [0.3, 0.4) is 0 Å². The number of H-pyrrole nitrogens is 2. The Morgan fingerprint density at radius 3 is 2.52 bits per heavy atom. The van der Waals surface area contributed by atoms with E-state index >= 15 is 0 Å². The number of nitrogens with zero attached hydrogens (tertiary/aromatic N) is 1. The van der Waals surface area contributed by atoms with Crippen LogP contribution in [0.4, 0.5) is 5.69 Å². The fourth-order valence-corrected chi connectivity index (χ4v) is 2.05. The molecule has 0 atom stereocenters. The van der Waals surface area contributed by atoms with Crippen molar-refractivity contribution >= 4 is 16.7 Å². The number of hydrogen-bond acceptors (Lipinski definition) is 4. The Hall–Kier alpha value is -2.55. The third-order valence-electron chi connectivity index (χ3n) is 3.41. The molecule has 0 fully saturated rings. The maximum absolute atomic E-state index is 11.3. The molecular formula is C15H18N4O2. The van der Waals surface area contributed by atoms with Gasteiger partial charge in [-0.3, -0.25) is 9.59 Å². The Balaban J connectivity index is 2.17. The van der Waals surface area contributed by atoms with Gasteiger partial charge in [0.05, 0.1) is 17.1 Å². The average molecular weight is 286 g/mol. The van der Waals surface area contributed by atoms with E-state index in [9.17, 15) is 9.59 Å². The number of benzene rings is 1. The first kappa shape index (κ1) is 14.9. The van der Waals surface area contributed by atoms with Crippen molar-refractivity contribution in [2.24, 2.45) is 5.41 Å². The van der Waals surface area contributed by atoms with Crippen LogP contribution in [0.1, 0.15) is 26.7 Å². The van der Waals surface area contributed by atoms with Crippen LogP contribution in [-0.4, -0.2) is 16.5 Å². The Morgan fingerprint density at radius 1 is 1.19 bits per heavy atom. The van der Waals surface area contributed by atoms with Gasteiger partial charge < -0.3 is 15.3 Å². The molecule has 6 heteroatoms. The first-order valence-electron chi connectivity index (χ1n) is 6.78. The van der Waals surface area contributed by atoms with E-state index in [2.05, 4.69) is 35.2 Å². The first-order chi connectivity index (χ1) is 9.91. The highest BCUT2D eigenvalue weighted by Gasteiger charge is 2.17. The van der Waals surface area contributed by atoms with Gasteiger partial charge in [0.25, 0.3) is 0 Å². The van der Waals surface area contributed by atoms with Crippen molar-refractivity contribution < 1.29 is 0 Å². The van der Waals surface area contributed by atoms with Gasteiger partial charge in [0.2, 0.25) is 0 Å². The van der Waals surface area contributed by atoms with Gasteiger partial charge in [-0.2, -0.15) is 5.26 Å². The lowest BCUT2D eigenvalue weighted by molar-refractivity contribution is 0.364. The van der Waals surface area contributed by atoms with Crippen LogP contribution >= 0.6 is 0 Å². The lowest BCUT2D eigenvalue weighted by Crippen LogP contribution is -2.29. The van der Waals surface area contributed by atoms with Crippen LogP contribution in [0.15, 0.2) is 27.8 Å². The summed E-state index contributed by atoms with van der Waals surface area (Å²) in [6.45, 7) is 4.91. The number of aromatic amines is 2. The van der Waals surface area contributed by atoms with Crippen molar-refractivity contribution in [3.05, 3.63) is 38.9 Å². The summed E-state index contributed by atoms with van der Waals surface area (Å²) in [5, 5.41) is 11.9. The lowest BCUT2D eigenvalue weighted by Gasteiger charge is -2.24. The molecule has 0 aliphatic rings. The topological polar surface area (TPSA) is 102 Å². The zero-order valence-corrected chi connectivity index (χ0v) is 12.1. The molecule has 110 valence electrons. The molecule has 1 aromatic carbocycles. The van der Waals surface area contributed by atoms with E-state index in [-0.39, 0.29) is 5.41 Å². The van der Waals surface area contributed by atoms with E-state index in [1.165, 1.54) is 0 Å². The van der Waals surface area contributed by atoms with E-state index in [0.717, 1.165) is 12.1 Å². The molecule has 1 heterocycles. The number of hydrogen-bond donors (Lipinski definition) is 3. The maximum Gasteiger partial charge on any atom is 0.314 e. The van der Waals surface area contributed by atoms with Gasteiger partial charge in [0.15, 0.2) is 0 Å². The zero-order chi connectivity index (χ0) is 15.5. The predicted octanol–water partition coefficient (Wildman–Crippen LogP) is 1.96. The maximum atomic E-state index is 11.3. The smallest absolute Gasteiger partial charge is 0.314 e. The highest BCUT2D eigenvalue weighted by molar-refractivity contribution is 5.78. The molecule has 3 N–H and O–H groups in total.